The number of rotatable bonds is 8. The molecule has 12 heteroatoms. The van der Waals surface area contributed by atoms with Gasteiger partial charge in [0.1, 0.15) is 10.7 Å². The Morgan fingerprint density at radius 1 is 1.15 bits per heavy atom. The fraction of sp³-hybridized carbons (Fsp3) is 0.591. The van der Waals surface area contributed by atoms with Crippen LogP contribution >= 0.6 is 36.2 Å². The minimum absolute atomic E-state index is 0. The number of aromatic nitrogens is 1. The highest BCUT2D eigenvalue weighted by molar-refractivity contribution is 7.93. The first-order valence-electron chi connectivity index (χ1n) is 11.4. The first-order valence-corrected chi connectivity index (χ1v) is 13.7. The molecule has 2 atom stereocenters. The highest BCUT2D eigenvalue weighted by Gasteiger charge is 2.36. The summed E-state index contributed by atoms with van der Waals surface area (Å²) in [4.78, 5) is 6.12. The smallest absolute Gasteiger partial charge is 0.266 e. The lowest BCUT2D eigenvalue weighted by atomic mass is 9.87. The molecule has 2 saturated carbocycles. The molecule has 1 aromatic carbocycles. The van der Waals surface area contributed by atoms with Gasteiger partial charge in [-0.05, 0) is 56.3 Å². The number of benzene rings is 1. The van der Waals surface area contributed by atoms with Crippen molar-refractivity contribution in [1.82, 2.24) is 15.2 Å². The third kappa shape index (κ3) is 5.79. The summed E-state index contributed by atoms with van der Waals surface area (Å²) in [7, 11) is -1.85. The number of likely N-dealkylation sites (N-methyl/N-ethyl adjacent to an activating group) is 1. The van der Waals surface area contributed by atoms with Crippen LogP contribution in [0, 0.1) is 5.82 Å². The predicted molar refractivity (Wildman–Crippen MR) is 140 cm³/mol. The maximum atomic E-state index is 15.1. The fourth-order valence-electron chi connectivity index (χ4n) is 4.87. The van der Waals surface area contributed by atoms with E-state index in [1.165, 1.54) is 36.1 Å². The van der Waals surface area contributed by atoms with Gasteiger partial charge in [0, 0.05) is 48.5 Å². The van der Waals surface area contributed by atoms with E-state index in [4.69, 9.17) is 0 Å². The van der Waals surface area contributed by atoms with Crippen LogP contribution in [0.2, 0.25) is 0 Å². The van der Waals surface area contributed by atoms with Gasteiger partial charge in [0.25, 0.3) is 10.0 Å². The highest BCUT2D eigenvalue weighted by atomic mass is 35.5. The molecule has 2 heterocycles. The van der Waals surface area contributed by atoms with Crippen LogP contribution in [0.3, 0.4) is 0 Å². The number of nitrogens with zero attached hydrogens (tertiary/aromatic N) is 2. The SMILES string of the molecule is CN(C1CNC1)[C@H]1CCCC[C@@H]1Nc1cc(F)c(S(=O)(=O)Nc2nccs2)cc1C1CC1.Cl.Cl. The van der Waals surface area contributed by atoms with Gasteiger partial charge in [-0.1, -0.05) is 12.8 Å². The van der Waals surface area contributed by atoms with Gasteiger partial charge in [-0.25, -0.2) is 17.8 Å². The molecule has 1 aromatic heterocycles. The Bertz CT molecular complexity index is 1070. The number of nitrogens with one attached hydrogen (secondary N) is 3. The molecule has 190 valence electrons. The van der Waals surface area contributed by atoms with Crippen molar-refractivity contribution in [2.24, 2.45) is 0 Å². The number of anilines is 2. The molecule has 0 bridgehead atoms. The monoisotopic (exact) mass is 551 g/mol. The molecule has 34 heavy (non-hydrogen) atoms. The van der Waals surface area contributed by atoms with Crippen LogP contribution in [0.1, 0.15) is 50.0 Å². The average molecular weight is 553 g/mol. The standard InChI is InChI=1S/C22H30FN5O2S2.2ClH/c1-28(15-12-24-13-15)20-5-3-2-4-18(20)26-19-11-17(23)21(10-16(19)14-6-7-14)32(29,30)27-22-25-8-9-31-22;;/h8-11,14-15,18,20,24,26H,2-7,12-13H2,1H3,(H,25,27);2*1H/t18-,20-;;/m0../s1. The van der Waals surface area contributed by atoms with Gasteiger partial charge >= 0.3 is 0 Å². The quantitative estimate of drug-likeness (QED) is 0.450. The first-order chi connectivity index (χ1) is 15.4. The van der Waals surface area contributed by atoms with E-state index in [1.54, 1.807) is 5.38 Å². The van der Waals surface area contributed by atoms with Crippen LogP contribution in [-0.2, 0) is 10.0 Å². The van der Waals surface area contributed by atoms with Crippen molar-refractivity contribution in [3.63, 3.8) is 0 Å². The molecule has 0 unspecified atom stereocenters. The molecule has 3 N–H and O–H groups in total. The predicted octanol–water partition coefficient (Wildman–Crippen LogP) is 4.43. The number of thiazole rings is 1. The lowest BCUT2D eigenvalue weighted by Crippen LogP contribution is -2.61. The number of hydrogen-bond acceptors (Lipinski definition) is 7. The Hall–Kier alpha value is -1.17. The molecule has 5 rings (SSSR count). The molecule has 0 spiro atoms. The molecule has 3 fully saturated rings. The maximum Gasteiger partial charge on any atom is 0.266 e. The minimum atomic E-state index is -4.04. The van der Waals surface area contributed by atoms with E-state index in [2.05, 4.69) is 32.3 Å². The lowest BCUT2D eigenvalue weighted by molar-refractivity contribution is 0.0944. The van der Waals surface area contributed by atoms with Crippen LogP contribution in [0.4, 0.5) is 15.2 Å². The Kier molecular flexibility index (Phi) is 9.08. The number of sulfonamides is 1. The first kappa shape index (κ1) is 27.4. The van der Waals surface area contributed by atoms with Crippen LogP contribution in [0.5, 0.6) is 0 Å². The van der Waals surface area contributed by atoms with Crippen molar-refractivity contribution < 1.29 is 12.8 Å². The molecule has 1 aliphatic heterocycles. The van der Waals surface area contributed by atoms with Crippen molar-refractivity contribution in [2.75, 3.05) is 30.2 Å². The summed E-state index contributed by atoms with van der Waals surface area (Å²) < 4.78 is 43.3. The molecule has 1 saturated heterocycles. The van der Waals surface area contributed by atoms with Gasteiger partial charge in [0.15, 0.2) is 5.13 Å². The maximum absolute atomic E-state index is 15.1. The van der Waals surface area contributed by atoms with Crippen LogP contribution in [0.15, 0.2) is 28.6 Å². The Morgan fingerprint density at radius 3 is 2.50 bits per heavy atom. The van der Waals surface area contributed by atoms with E-state index in [9.17, 15) is 8.42 Å². The fourth-order valence-corrected chi connectivity index (χ4v) is 6.76. The van der Waals surface area contributed by atoms with Gasteiger partial charge in [-0.15, -0.1) is 36.2 Å². The molecular formula is C22H32Cl2FN5O2S2. The summed E-state index contributed by atoms with van der Waals surface area (Å²) in [6.07, 6.45) is 8.03. The molecule has 2 aromatic rings. The van der Waals surface area contributed by atoms with E-state index in [0.29, 0.717) is 12.1 Å². The third-order valence-electron chi connectivity index (χ3n) is 6.99. The van der Waals surface area contributed by atoms with E-state index >= 15 is 4.39 Å². The minimum Gasteiger partial charge on any atom is -0.380 e. The van der Waals surface area contributed by atoms with Gasteiger partial charge in [-0.3, -0.25) is 9.62 Å². The molecule has 2 aliphatic carbocycles. The Balaban J connectivity index is 0.00000162. The summed E-state index contributed by atoms with van der Waals surface area (Å²) in [5.74, 6) is -0.452. The van der Waals surface area contributed by atoms with Crippen LogP contribution in [0.25, 0.3) is 0 Å². The molecule has 3 aliphatic rings. The number of halogens is 3. The van der Waals surface area contributed by atoms with Crippen LogP contribution in [-0.4, -0.2) is 56.6 Å². The highest BCUT2D eigenvalue weighted by Crippen LogP contribution is 2.45. The molecular weight excluding hydrogens is 520 g/mol. The topological polar surface area (TPSA) is 86.4 Å². The van der Waals surface area contributed by atoms with Crippen molar-refractivity contribution in [3.05, 3.63) is 35.1 Å². The van der Waals surface area contributed by atoms with E-state index in [-0.39, 0.29) is 46.8 Å². The summed E-state index contributed by atoms with van der Waals surface area (Å²) in [5, 5.41) is 8.89. The van der Waals surface area contributed by atoms with Crippen molar-refractivity contribution >= 4 is 57.0 Å². The third-order valence-corrected chi connectivity index (χ3v) is 9.17. The van der Waals surface area contributed by atoms with Crippen LogP contribution < -0.4 is 15.4 Å². The van der Waals surface area contributed by atoms with Gasteiger partial charge in [0.2, 0.25) is 0 Å². The largest absolute Gasteiger partial charge is 0.380 e. The molecule has 0 radical (unpaired) electrons. The van der Waals surface area contributed by atoms with Gasteiger partial charge in [0.05, 0.1) is 0 Å². The summed E-state index contributed by atoms with van der Waals surface area (Å²) in [6, 6.07) is 4.08. The zero-order valence-corrected chi connectivity index (χ0v) is 22.3. The van der Waals surface area contributed by atoms with Gasteiger partial charge < -0.3 is 10.6 Å². The van der Waals surface area contributed by atoms with Crippen molar-refractivity contribution in [3.8, 4) is 0 Å². The second-order valence-corrected chi connectivity index (χ2v) is 11.7. The summed E-state index contributed by atoms with van der Waals surface area (Å²) in [6.45, 7) is 2.03. The second kappa shape index (κ2) is 11.3. The van der Waals surface area contributed by atoms with Crippen molar-refractivity contribution in [2.45, 2.75) is 67.5 Å². The number of hydrogen-bond donors (Lipinski definition) is 3. The Morgan fingerprint density at radius 2 is 1.88 bits per heavy atom. The van der Waals surface area contributed by atoms with Gasteiger partial charge in [-0.2, -0.15) is 0 Å². The summed E-state index contributed by atoms with van der Waals surface area (Å²) >= 11 is 1.17. The molecule has 7 nitrogen and oxygen atoms in total. The second-order valence-electron chi connectivity index (χ2n) is 9.17. The van der Waals surface area contributed by atoms with E-state index < -0.39 is 15.8 Å². The summed E-state index contributed by atoms with van der Waals surface area (Å²) in [5.41, 5.74) is 1.65. The zero-order chi connectivity index (χ0) is 22.3. The zero-order valence-electron chi connectivity index (χ0n) is 19.0. The normalized spacial score (nSPS) is 22.9. The molecule has 0 amide bonds. The van der Waals surface area contributed by atoms with Crippen molar-refractivity contribution in [1.29, 1.82) is 0 Å². The average Bonchev–Trinajstić information content (AvgIpc) is 3.43. The van der Waals surface area contributed by atoms with E-state index in [0.717, 1.165) is 56.4 Å². The van der Waals surface area contributed by atoms with E-state index in [1.807, 2.05) is 0 Å². The Labute approximate surface area is 217 Å². The lowest BCUT2D eigenvalue weighted by Gasteiger charge is -2.45.